The van der Waals surface area contributed by atoms with Crippen LogP contribution in [0.5, 0.6) is 11.8 Å². The molecule has 0 fully saturated rings. The summed E-state index contributed by atoms with van der Waals surface area (Å²) in [5, 5.41) is 5.03. The molecule has 0 saturated carbocycles. The average Bonchev–Trinajstić information content (AvgIpc) is 2.85. The van der Waals surface area contributed by atoms with Gasteiger partial charge < -0.3 is 13.9 Å². The number of pyridine rings is 1. The van der Waals surface area contributed by atoms with Crippen molar-refractivity contribution in [1.82, 2.24) is 14.8 Å². The summed E-state index contributed by atoms with van der Waals surface area (Å²) in [7, 11) is -0.465. The second-order valence-corrected chi connectivity index (χ2v) is 14.6. The van der Waals surface area contributed by atoms with Crippen molar-refractivity contribution in [2.75, 3.05) is 20.3 Å². The van der Waals surface area contributed by atoms with E-state index in [1.165, 1.54) is 11.3 Å². The molecule has 167 valence electrons. The Labute approximate surface area is 182 Å². The first kappa shape index (κ1) is 22.8. The lowest BCUT2D eigenvalue weighted by molar-refractivity contribution is 0.145. The summed E-state index contributed by atoms with van der Waals surface area (Å²) < 4.78 is 20.2. The maximum absolute atomic E-state index is 7.02. The topological polar surface area (TPSA) is 58.4 Å². The van der Waals surface area contributed by atoms with Crippen LogP contribution in [0.2, 0.25) is 16.6 Å². The molecule has 1 aliphatic heterocycles. The van der Waals surface area contributed by atoms with Gasteiger partial charge in [-0.2, -0.15) is 0 Å². The Hall–Kier alpha value is -1.86. The molecular formula is C23H37N3O3Si-. The summed E-state index contributed by atoms with van der Waals surface area (Å²) in [5.74, 6) is 1.44. The molecule has 30 heavy (non-hydrogen) atoms. The molecule has 0 atom stereocenters. The second kappa shape index (κ2) is 9.10. The van der Waals surface area contributed by atoms with E-state index in [0.29, 0.717) is 35.7 Å². The Morgan fingerprint density at radius 3 is 2.20 bits per heavy atom. The van der Waals surface area contributed by atoms with Crippen LogP contribution in [0, 0.1) is 6.92 Å². The van der Waals surface area contributed by atoms with Gasteiger partial charge in [0.1, 0.15) is 0 Å². The third kappa shape index (κ3) is 4.01. The normalized spacial score (nSPS) is 14.9. The Morgan fingerprint density at radius 1 is 1.00 bits per heavy atom. The highest BCUT2D eigenvalue weighted by Gasteiger charge is 2.36. The molecule has 0 spiro atoms. The minimum absolute atomic E-state index is 0.491. The molecule has 3 rings (SSSR count). The van der Waals surface area contributed by atoms with Gasteiger partial charge in [0, 0.05) is 24.0 Å². The highest BCUT2D eigenvalue weighted by molar-refractivity contribution is 6.78. The van der Waals surface area contributed by atoms with Gasteiger partial charge in [-0.15, -0.1) is 21.7 Å². The van der Waals surface area contributed by atoms with Gasteiger partial charge in [-0.05, 0) is 13.0 Å². The molecule has 0 aromatic carbocycles. The third-order valence-electron chi connectivity index (χ3n) is 6.47. The zero-order valence-electron chi connectivity index (χ0n) is 19.8. The summed E-state index contributed by atoms with van der Waals surface area (Å²) >= 11 is 0. The largest absolute Gasteiger partial charge is 0.674 e. The minimum Gasteiger partial charge on any atom is -0.674 e. The van der Waals surface area contributed by atoms with Gasteiger partial charge >= 0.3 is 0 Å². The van der Waals surface area contributed by atoms with Gasteiger partial charge in [-0.25, -0.2) is 9.67 Å². The van der Waals surface area contributed by atoms with Crippen LogP contribution in [0.3, 0.4) is 0 Å². The van der Waals surface area contributed by atoms with Crippen LogP contribution in [0.4, 0.5) is 0 Å². The lowest BCUT2D eigenvalue weighted by Gasteiger charge is -2.54. The first-order valence-corrected chi connectivity index (χ1v) is 13.2. The number of aromatic nitrogens is 3. The zero-order chi connectivity index (χ0) is 22.1. The smallest absolute Gasteiger partial charge is 0.216 e. The molecule has 7 heteroatoms. The Balaban J connectivity index is 2.13. The first-order valence-electron chi connectivity index (χ1n) is 11.1. The SMILES string of the molecule is COc1ncc(-n2nc(O[Si-](C(C)C)(C(C)C)C(C)C)c3c2CCOCC3)cc1C. The number of nitrogens with zero attached hydrogens (tertiary/aromatic N) is 3. The average molecular weight is 432 g/mol. The third-order valence-corrected chi connectivity index (χ3v) is 12.4. The minimum atomic E-state index is -2.11. The molecule has 0 amide bonds. The van der Waals surface area contributed by atoms with Crippen molar-refractivity contribution < 1.29 is 13.9 Å². The molecular weight excluding hydrogens is 394 g/mol. The first-order chi connectivity index (χ1) is 14.2. The number of aryl methyl sites for hydroxylation is 1. The van der Waals surface area contributed by atoms with E-state index in [4.69, 9.17) is 19.0 Å². The summed E-state index contributed by atoms with van der Waals surface area (Å²) in [4.78, 5) is 4.47. The van der Waals surface area contributed by atoms with Crippen molar-refractivity contribution in [3.05, 3.63) is 29.1 Å². The van der Waals surface area contributed by atoms with Crippen molar-refractivity contribution in [3.8, 4) is 17.4 Å². The van der Waals surface area contributed by atoms with E-state index in [9.17, 15) is 0 Å². The monoisotopic (exact) mass is 431 g/mol. The molecule has 0 radical (unpaired) electrons. The maximum Gasteiger partial charge on any atom is 0.216 e. The molecule has 0 aliphatic carbocycles. The van der Waals surface area contributed by atoms with Crippen molar-refractivity contribution in [1.29, 1.82) is 0 Å². The molecule has 0 saturated heterocycles. The standard InChI is InChI=1S/C23H37N3O3Si/c1-15(2)30(16(3)4,17(5)6)29-23-20-9-11-28-12-10-21(20)26(25-23)19-13-18(7)22(27-8)24-14-19/h13-17H,9-12H2,1-8H3/q-1. The van der Waals surface area contributed by atoms with Gasteiger partial charge in [0.15, 0.2) is 5.88 Å². The zero-order valence-corrected chi connectivity index (χ0v) is 20.8. The highest BCUT2D eigenvalue weighted by atomic mass is 28.4. The van der Waals surface area contributed by atoms with Gasteiger partial charge in [-0.1, -0.05) is 41.5 Å². The van der Waals surface area contributed by atoms with Crippen LogP contribution in [0.25, 0.3) is 5.69 Å². The van der Waals surface area contributed by atoms with E-state index >= 15 is 0 Å². The number of rotatable bonds is 7. The number of methoxy groups -OCH3 is 1. The van der Waals surface area contributed by atoms with E-state index in [1.54, 1.807) is 7.11 Å². The molecule has 0 unspecified atom stereocenters. The number of hydrogen-bond donors (Lipinski definition) is 0. The summed E-state index contributed by atoms with van der Waals surface area (Å²) in [6.07, 6.45) is 3.47. The molecule has 0 N–H and O–H groups in total. The molecule has 1 aliphatic rings. The Morgan fingerprint density at radius 2 is 1.63 bits per heavy atom. The van der Waals surface area contributed by atoms with E-state index in [1.807, 2.05) is 17.8 Å². The highest BCUT2D eigenvalue weighted by Crippen LogP contribution is 2.44. The van der Waals surface area contributed by atoms with Crippen molar-refractivity contribution in [2.45, 2.75) is 77.9 Å². The van der Waals surface area contributed by atoms with Crippen LogP contribution < -0.4 is 9.16 Å². The molecule has 3 heterocycles. The van der Waals surface area contributed by atoms with Crippen LogP contribution in [0.1, 0.15) is 58.4 Å². The van der Waals surface area contributed by atoms with Crippen molar-refractivity contribution >= 4 is 8.32 Å². The van der Waals surface area contributed by atoms with E-state index in [2.05, 4.69) is 52.6 Å². The number of ether oxygens (including phenoxy) is 2. The Bertz CT molecular complexity index is 855. The van der Waals surface area contributed by atoms with Gasteiger partial charge in [0.25, 0.3) is 0 Å². The van der Waals surface area contributed by atoms with Crippen molar-refractivity contribution in [2.24, 2.45) is 0 Å². The quantitative estimate of drug-likeness (QED) is 0.560. The summed E-state index contributed by atoms with van der Waals surface area (Å²) in [5.41, 5.74) is 5.77. The lowest BCUT2D eigenvalue weighted by atomic mass is 10.1. The van der Waals surface area contributed by atoms with Gasteiger partial charge in [-0.3, -0.25) is 0 Å². The predicted octanol–water partition coefficient (Wildman–Crippen LogP) is 5.25. The number of hydrogen-bond acceptors (Lipinski definition) is 5. The molecule has 2 aromatic heterocycles. The predicted molar refractivity (Wildman–Crippen MR) is 123 cm³/mol. The fraction of sp³-hybridized carbons (Fsp3) is 0.652. The van der Waals surface area contributed by atoms with Crippen LogP contribution in [0.15, 0.2) is 12.3 Å². The summed E-state index contributed by atoms with van der Waals surface area (Å²) in [6.45, 7) is 17.2. The molecule has 2 aromatic rings. The van der Waals surface area contributed by atoms with E-state index < -0.39 is 8.32 Å². The second-order valence-electron chi connectivity index (χ2n) is 9.19. The number of fused-ring (bicyclic) bond motifs is 1. The lowest BCUT2D eigenvalue weighted by Crippen LogP contribution is -2.51. The van der Waals surface area contributed by atoms with Crippen LogP contribution in [-0.2, 0) is 17.6 Å². The summed E-state index contributed by atoms with van der Waals surface area (Å²) in [6, 6.07) is 2.08. The van der Waals surface area contributed by atoms with Crippen LogP contribution in [-0.4, -0.2) is 43.4 Å². The van der Waals surface area contributed by atoms with E-state index in [0.717, 1.165) is 30.0 Å². The van der Waals surface area contributed by atoms with Crippen LogP contribution >= 0.6 is 0 Å². The van der Waals surface area contributed by atoms with Crippen molar-refractivity contribution in [3.63, 3.8) is 0 Å². The van der Waals surface area contributed by atoms with Gasteiger partial charge in [0.05, 0.1) is 46.2 Å². The fourth-order valence-electron chi connectivity index (χ4n) is 5.11. The van der Waals surface area contributed by atoms with E-state index in [-0.39, 0.29) is 0 Å². The van der Waals surface area contributed by atoms with Gasteiger partial charge in [0.2, 0.25) is 5.88 Å². The maximum atomic E-state index is 7.02. The molecule has 0 bridgehead atoms. The Kier molecular flexibility index (Phi) is 6.92. The molecule has 6 nitrogen and oxygen atoms in total. The fourth-order valence-corrected chi connectivity index (χ4v) is 10.3.